The minimum absolute atomic E-state index is 0. The molecule has 0 radical (unpaired) electrons. The number of ether oxygens (including phenoxy) is 1. The number of nitrogens with one attached hydrogen (secondary N) is 1. The molecule has 1 fully saturated rings. The second kappa shape index (κ2) is 8.12. The predicted octanol–water partition coefficient (Wildman–Crippen LogP) is 2.28. The molecule has 2 rings (SSSR count). The average Bonchev–Trinajstić information content (AvgIpc) is 2.55. The molecule has 0 saturated carbocycles. The summed E-state index contributed by atoms with van der Waals surface area (Å²) in [7, 11) is -3.18. The lowest BCUT2D eigenvalue weighted by Crippen LogP contribution is -2.57. The van der Waals surface area contributed by atoms with Crippen LogP contribution in [0.2, 0.25) is 0 Å². The number of carbonyl (C=O) groups is 1. The molecule has 1 aromatic carbocycles. The molecular weight excluding hydrogens is 397 g/mol. The molecule has 0 bridgehead atoms. The minimum Gasteiger partial charge on any atom is -0.465 e. The third-order valence-corrected chi connectivity index (χ3v) is 6.27. The Balaban J connectivity index is 0.00000338. The smallest absolute Gasteiger partial charge is 0.417 e. The van der Waals surface area contributed by atoms with Gasteiger partial charge in [-0.3, -0.25) is 0 Å². The molecular formula is C15H20ClF3N2O4S. The predicted molar refractivity (Wildman–Crippen MR) is 90.9 cm³/mol. The molecule has 6 nitrogen and oxygen atoms in total. The van der Waals surface area contributed by atoms with Crippen LogP contribution in [0.3, 0.4) is 0 Å². The van der Waals surface area contributed by atoms with Crippen LogP contribution in [0.5, 0.6) is 0 Å². The summed E-state index contributed by atoms with van der Waals surface area (Å²) in [5, 5.41) is 3.11. The lowest BCUT2D eigenvalue weighted by atomic mass is 10.1. The Kier molecular flexibility index (Phi) is 7.08. The van der Waals surface area contributed by atoms with Gasteiger partial charge in [0, 0.05) is 25.2 Å². The number of hydrogen-bond acceptors (Lipinski definition) is 5. The summed E-state index contributed by atoms with van der Waals surface area (Å²) in [4.78, 5) is 11.0. The van der Waals surface area contributed by atoms with E-state index < -0.39 is 44.2 Å². The molecule has 0 aliphatic carbocycles. The Bertz CT molecular complexity index is 771. The Morgan fingerprint density at radius 3 is 2.46 bits per heavy atom. The lowest BCUT2D eigenvalue weighted by Gasteiger charge is -2.37. The standard InChI is InChI=1S/C15H19F3N2O4S.ClH/c1-9-10(2)20(7-6-19-9)25(22,23)11-4-5-12(14(21)24-3)13(8-11)15(16,17)18;/h4-5,8-10,19H,6-7H2,1-3H3;1H. The SMILES string of the molecule is COC(=O)c1ccc(S(=O)(=O)N2CCNC(C)C2C)cc1C(F)(F)F.Cl. The zero-order chi connectivity index (χ0) is 19.0. The van der Waals surface area contributed by atoms with E-state index in [0.29, 0.717) is 12.6 Å². The van der Waals surface area contributed by atoms with Gasteiger partial charge in [-0.05, 0) is 32.0 Å². The van der Waals surface area contributed by atoms with Crippen LogP contribution in [0, 0.1) is 0 Å². The molecule has 0 aromatic heterocycles. The van der Waals surface area contributed by atoms with Gasteiger partial charge in [-0.25, -0.2) is 13.2 Å². The number of sulfonamides is 1. The van der Waals surface area contributed by atoms with Gasteiger partial charge >= 0.3 is 12.1 Å². The molecule has 26 heavy (non-hydrogen) atoms. The van der Waals surface area contributed by atoms with Crippen LogP contribution < -0.4 is 5.32 Å². The van der Waals surface area contributed by atoms with Crippen LogP contribution in [-0.2, 0) is 20.9 Å². The van der Waals surface area contributed by atoms with E-state index in [2.05, 4.69) is 10.1 Å². The monoisotopic (exact) mass is 416 g/mol. The van der Waals surface area contributed by atoms with Crippen molar-refractivity contribution < 1.29 is 31.1 Å². The number of rotatable bonds is 3. The maximum atomic E-state index is 13.3. The van der Waals surface area contributed by atoms with E-state index in [1.54, 1.807) is 13.8 Å². The number of piperazine rings is 1. The van der Waals surface area contributed by atoms with E-state index in [1.165, 1.54) is 4.31 Å². The van der Waals surface area contributed by atoms with Crippen LogP contribution in [0.4, 0.5) is 13.2 Å². The van der Waals surface area contributed by atoms with Crippen molar-refractivity contribution >= 4 is 28.4 Å². The Morgan fingerprint density at radius 1 is 1.31 bits per heavy atom. The van der Waals surface area contributed by atoms with E-state index in [-0.39, 0.29) is 25.0 Å². The van der Waals surface area contributed by atoms with Gasteiger partial charge < -0.3 is 10.1 Å². The highest BCUT2D eigenvalue weighted by molar-refractivity contribution is 7.89. The van der Waals surface area contributed by atoms with Gasteiger partial charge in [0.1, 0.15) is 0 Å². The lowest BCUT2D eigenvalue weighted by molar-refractivity contribution is -0.138. The summed E-state index contributed by atoms with van der Waals surface area (Å²) in [5.74, 6) is -1.18. The van der Waals surface area contributed by atoms with Crippen LogP contribution in [-0.4, -0.2) is 51.0 Å². The summed E-state index contributed by atoms with van der Waals surface area (Å²) in [6, 6.07) is 1.75. The minimum atomic E-state index is -4.89. The molecule has 11 heteroatoms. The maximum Gasteiger partial charge on any atom is 0.417 e. The number of hydrogen-bond donors (Lipinski definition) is 1. The number of nitrogens with zero attached hydrogens (tertiary/aromatic N) is 1. The van der Waals surface area contributed by atoms with Crippen LogP contribution >= 0.6 is 12.4 Å². The van der Waals surface area contributed by atoms with Crippen LogP contribution in [0.1, 0.15) is 29.8 Å². The molecule has 1 aliphatic rings. The quantitative estimate of drug-likeness (QED) is 0.765. The third-order valence-electron chi connectivity index (χ3n) is 4.28. The average molecular weight is 417 g/mol. The molecule has 148 valence electrons. The fourth-order valence-corrected chi connectivity index (χ4v) is 4.44. The molecule has 1 aliphatic heterocycles. The van der Waals surface area contributed by atoms with Gasteiger partial charge in [0.15, 0.2) is 0 Å². The van der Waals surface area contributed by atoms with Crippen LogP contribution in [0.15, 0.2) is 23.1 Å². The first-order chi connectivity index (χ1) is 11.5. The molecule has 1 saturated heterocycles. The fourth-order valence-electron chi connectivity index (χ4n) is 2.71. The Morgan fingerprint density at radius 2 is 1.92 bits per heavy atom. The van der Waals surface area contributed by atoms with E-state index >= 15 is 0 Å². The Hall–Kier alpha value is -1.36. The number of alkyl halides is 3. The van der Waals surface area contributed by atoms with Crippen molar-refractivity contribution in [3.05, 3.63) is 29.3 Å². The van der Waals surface area contributed by atoms with Gasteiger partial charge in [-0.15, -0.1) is 12.4 Å². The van der Waals surface area contributed by atoms with Crippen molar-refractivity contribution in [1.82, 2.24) is 9.62 Å². The van der Waals surface area contributed by atoms with Gasteiger partial charge in [-0.1, -0.05) is 0 Å². The van der Waals surface area contributed by atoms with Gasteiger partial charge in [0.25, 0.3) is 0 Å². The first-order valence-corrected chi connectivity index (χ1v) is 8.99. The number of methoxy groups -OCH3 is 1. The van der Waals surface area contributed by atoms with Crippen molar-refractivity contribution in [2.75, 3.05) is 20.2 Å². The van der Waals surface area contributed by atoms with Crippen molar-refractivity contribution in [2.45, 2.75) is 37.0 Å². The van der Waals surface area contributed by atoms with Crippen molar-refractivity contribution in [1.29, 1.82) is 0 Å². The van der Waals surface area contributed by atoms with Crippen LogP contribution in [0.25, 0.3) is 0 Å². The summed E-state index contributed by atoms with van der Waals surface area (Å²) in [6.45, 7) is 4.03. The van der Waals surface area contributed by atoms with E-state index in [4.69, 9.17) is 0 Å². The molecule has 2 atom stereocenters. The van der Waals surface area contributed by atoms with Crippen molar-refractivity contribution in [2.24, 2.45) is 0 Å². The highest BCUT2D eigenvalue weighted by Crippen LogP contribution is 2.35. The number of carbonyl (C=O) groups excluding carboxylic acids is 1. The van der Waals surface area contributed by atoms with Gasteiger partial charge in [0.2, 0.25) is 10.0 Å². The topological polar surface area (TPSA) is 75.7 Å². The summed E-state index contributed by atoms with van der Waals surface area (Å²) >= 11 is 0. The normalized spacial score (nSPS) is 21.8. The summed E-state index contributed by atoms with van der Waals surface area (Å²) in [5.41, 5.74) is -2.06. The fraction of sp³-hybridized carbons (Fsp3) is 0.533. The zero-order valence-corrected chi connectivity index (χ0v) is 16.0. The number of esters is 1. The molecule has 1 aromatic rings. The first-order valence-electron chi connectivity index (χ1n) is 7.55. The van der Waals surface area contributed by atoms with Gasteiger partial charge in [-0.2, -0.15) is 17.5 Å². The number of halogens is 4. The summed E-state index contributed by atoms with van der Waals surface area (Å²) in [6.07, 6.45) is -4.89. The number of benzene rings is 1. The van der Waals surface area contributed by atoms with Gasteiger partial charge in [0.05, 0.1) is 23.1 Å². The van der Waals surface area contributed by atoms with Crippen molar-refractivity contribution in [3.8, 4) is 0 Å². The van der Waals surface area contributed by atoms with E-state index in [1.807, 2.05) is 0 Å². The molecule has 0 spiro atoms. The molecule has 1 heterocycles. The van der Waals surface area contributed by atoms with E-state index in [9.17, 15) is 26.4 Å². The highest BCUT2D eigenvalue weighted by atomic mass is 35.5. The summed E-state index contributed by atoms with van der Waals surface area (Å²) < 4.78 is 70.9. The molecule has 0 amide bonds. The second-order valence-corrected chi connectivity index (χ2v) is 7.69. The van der Waals surface area contributed by atoms with E-state index in [0.717, 1.165) is 19.2 Å². The molecule has 2 unspecified atom stereocenters. The third kappa shape index (κ3) is 4.30. The highest BCUT2D eigenvalue weighted by Gasteiger charge is 2.39. The zero-order valence-electron chi connectivity index (χ0n) is 14.3. The van der Waals surface area contributed by atoms with Crippen molar-refractivity contribution in [3.63, 3.8) is 0 Å². The maximum absolute atomic E-state index is 13.3. The largest absolute Gasteiger partial charge is 0.465 e. The molecule has 1 N–H and O–H groups in total. The first kappa shape index (κ1) is 22.7. The second-order valence-electron chi connectivity index (χ2n) is 5.80. The Labute approximate surface area is 156 Å².